The van der Waals surface area contributed by atoms with Crippen LogP contribution in [-0.2, 0) is 0 Å². The molecule has 5 heteroatoms. The lowest BCUT2D eigenvalue weighted by Gasteiger charge is -2.15. The predicted octanol–water partition coefficient (Wildman–Crippen LogP) is 1.60. The van der Waals surface area contributed by atoms with E-state index in [2.05, 4.69) is 10.6 Å². The van der Waals surface area contributed by atoms with Crippen LogP contribution in [0.5, 0.6) is 0 Å². The molecule has 4 N–H and O–H groups in total. The first-order valence-electron chi connectivity index (χ1n) is 5.74. The second-order valence-corrected chi connectivity index (χ2v) is 4.61. The summed E-state index contributed by atoms with van der Waals surface area (Å²) in [4.78, 5) is 11.3. The summed E-state index contributed by atoms with van der Waals surface area (Å²) in [5.74, 6) is -0.502. The molecule has 4 nitrogen and oxygen atoms in total. The minimum atomic E-state index is -0.502. The first kappa shape index (κ1) is 12.2. The van der Waals surface area contributed by atoms with Gasteiger partial charge in [-0.3, -0.25) is 4.79 Å². The molecule has 0 aromatic heterocycles. The second-order valence-electron chi connectivity index (χ2n) is 4.20. The van der Waals surface area contributed by atoms with Crippen molar-refractivity contribution in [3.8, 4) is 0 Å². The number of halogens is 1. The number of primary amides is 1. The number of nitrogens with two attached hydrogens (primary N) is 1. The lowest BCUT2D eigenvalue weighted by Crippen LogP contribution is -2.30. The fourth-order valence-electron chi connectivity index (χ4n) is 2.09. The highest BCUT2D eigenvalue weighted by Gasteiger charge is 2.16. The molecule has 0 aliphatic carbocycles. The van der Waals surface area contributed by atoms with E-state index in [4.69, 9.17) is 17.3 Å². The number of carbonyl (C=O) groups is 1. The number of rotatable bonds is 4. The number of anilines is 1. The summed E-state index contributed by atoms with van der Waals surface area (Å²) in [6.45, 7) is 1.84. The summed E-state index contributed by atoms with van der Waals surface area (Å²) in [5.41, 5.74) is 6.40. The van der Waals surface area contributed by atoms with E-state index in [9.17, 15) is 4.79 Å². The Balaban J connectivity index is 2.09. The Morgan fingerprint density at radius 3 is 3.06 bits per heavy atom. The summed E-state index contributed by atoms with van der Waals surface area (Å²) in [7, 11) is 0. The smallest absolute Gasteiger partial charge is 0.252 e. The molecule has 0 saturated carbocycles. The number of amides is 1. The van der Waals surface area contributed by atoms with Crippen molar-refractivity contribution in [2.75, 3.05) is 18.4 Å². The largest absolute Gasteiger partial charge is 0.383 e. The van der Waals surface area contributed by atoms with E-state index in [1.54, 1.807) is 12.1 Å². The van der Waals surface area contributed by atoms with E-state index in [1.165, 1.54) is 6.42 Å². The van der Waals surface area contributed by atoms with Crippen molar-refractivity contribution in [3.63, 3.8) is 0 Å². The summed E-state index contributed by atoms with van der Waals surface area (Å²) in [5, 5.41) is 7.00. The first-order chi connectivity index (χ1) is 8.18. The van der Waals surface area contributed by atoms with E-state index >= 15 is 0 Å². The third-order valence-electron chi connectivity index (χ3n) is 2.96. The molecule has 1 saturated heterocycles. The van der Waals surface area contributed by atoms with Crippen LogP contribution in [0.4, 0.5) is 5.69 Å². The minimum absolute atomic E-state index is 0.368. The van der Waals surface area contributed by atoms with Gasteiger partial charge in [0.05, 0.1) is 10.6 Å². The molecule has 0 radical (unpaired) electrons. The van der Waals surface area contributed by atoms with Crippen molar-refractivity contribution in [1.29, 1.82) is 0 Å². The Hall–Kier alpha value is -1.26. The van der Waals surface area contributed by atoms with E-state index in [-0.39, 0.29) is 0 Å². The van der Waals surface area contributed by atoms with Crippen LogP contribution in [0.15, 0.2) is 18.2 Å². The number of nitrogens with one attached hydrogen (secondary N) is 2. The zero-order valence-electron chi connectivity index (χ0n) is 9.50. The molecule has 1 aliphatic rings. The van der Waals surface area contributed by atoms with Crippen LogP contribution >= 0.6 is 11.6 Å². The maximum Gasteiger partial charge on any atom is 0.252 e. The molecular weight excluding hydrogens is 238 g/mol. The van der Waals surface area contributed by atoms with Gasteiger partial charge in [-0.05, 0) is 31.5 Å². The standard InChI is InChI=1S/C12H16ClN3O/c13-9-4-1-5-10(11(9)12(14)17)16-7-8-3-2-6-15-8/h1,4-5,8,15-16H,2-3,6-7H2,(H2,14,17). The third kappa shape index (κ3) is 2.90. The molecular formula is C12H16ClN3O. The van der Waals surface area contributed by atoms with Crippen molar-refractivity contribution in [3.05, 3.63) is 28.8 Å². The number of hydrogen-bond acceptors (Lipinski definition) is 3. The molecule has 1 amide bonds. The van der Waals surface area contributed by atoms with Crippen LogP contribution in [0.3, 0.4) is 0 Å². The van der Waals surface area contributed by atoms with E-state index in [1.807, 2.05) is 6.07 Å². The van der Waals surface area contributed by atoms with Crippen LogP contribution in [0.25, 0.3) is 0 Å². The summed E-state index contributed by atoms with van der Waals surface area (Å²) in [6.07, 6.45) is 2.35. The molecule has 17 heavy (non-hydrogen) atoms. The van der Waals surface area contributed by atoms with Crippen LogP contribution in [0.2, 0.25) is 5.02 Å². The molecule has 1 aromatic rings. The van der Waals surface area contributed by atoms with Gasteiger partial charge in [-0.2, -0.15) is 0 Å². The maximum atomic E-state index is 11.3. The highest BCUT2D eigenvalue weighted by Crippen LogP contribution is 2.24. The van der Waals surface area contributed by atoms with Crippen molar-refractivity contribution in [2.24, 2.45) is 5.73 Å². The van der Waals surface area contributed by atoms with Gasteiger partial charge in [0.15, 0.2) is 0 Å². The average Bonchev–Trinajstić information content (AvgIpc) is 2.78. The molecule has 1 atom stereocenters. The van der Waals surface area contributed by atoms with Gasteiger partial charge in [0, 0.05) is 18.3 Å². The Morgan fingerprint density at radius 1 is 1.59 bits per heavy atom. The van der Waals surface area contributed by atoms with Gasteiger partial charge in [0.2, 0.25) is 0 Å². The molecule has 0 spiro atoms. The predicted molar refractivity (Wildman–Crippen MR) is 69.5 cm³/mol. The Labute approximate surface area is 106 Å². The molecule has 1 aromatic carbocycles. The van der Waals surface area contributed by atoms with Gasteiger partial charge in [0.1, 0.15) is 0 Å². The van der Waals surface area contributed by atoms with Gasteiger partial charge in [-0.15, -0.1) is 0 Å². The van der Waals surface area contributed by atoms with Crippen LogP contribution < -0.4 is 16.4 Å². The zero-order valence-corrected chi connectivity index (χ0v) is 10.3. The van der Waals surface area contributed by atoms with E-state index < -0.39 is 5.91 Å². The van der Waals surface area contributed by atoms with E-state index in [0.717, 1.165) is 19.5 Å². The van der Waals surface area contributed by atoms with Gasteiger partial charge in [0.25, 0.3) is 5.91 Å². The molecule has 1 unspecified atom stereocenters. The fraction of sp³-hybridized carbons (Fsp3) is 0.417. The van der Waals surface area contributed by atoms with Gasteiger partial charge in [-0.25, -0.2) is 0 Å². The van der Waals surface area contributed by atoms with Crippen LogP contribution in [0, 0.1) is 0 Å². The summed E-state index contributed by atoms with van der Waals surface area (Å²) >= 11 is 5.96. The molecule has 2 rings (SSSR count). The Morgan fingerprint density at radius 2 is 2.41 bits per heavy atom. The molecule has 1 aliphatic heterocycles. The monoisotopic (exact) mass is 253 g/mol. The van der Waals surface area contributed by atoms with Gasteiger partial charge < -0.3 is 16.4 Å². The molecule has 92 valence electrons. The lowest BCUT2D eigenvalue weighted by atomic mass is 10.1. The summed E-state index contributed by atoms with van der Waals surface area (Å²) < 4.78 is 0. The number of hydrogen-bond donors (Lipinski definition) is 3. The highest BCUT2D eigenvalue weighted by atomic mass is 35.5. The first-order valence-corrected chi connectivity index (χ1v) is 6.12. The second kappa shape index (κ2) is 5.38. The normalized spacial score (nSPS) is 19.2. The quantitative estimate of drug-likeness (QED) is 0.764. The molecule has 1 heterocycles. The molecule has 0 bridgehead atoms. The Bertz CT molecular complexity index is 416. The van der Waals surface area contributed by atoms with Gasteiger partial charge in [-0.1, -0.05) is 17.7 Å². The van der Waals surface area contributed by atoms with Crippen molar-refractivity contribution in [2.45, 2.75) is 18.9 Å². The zero-order chi connectivity index (χ0) is 12.3. The van der Waals surface area contributed by atoms with Crippen LogP contribution in [0.1, 0.15) is 23.2 Å². The summed E-state index contributed by atoms with van der Waals surface area (Å²) in [6, 6.07) is 5.75. The topological polar surface area (TPSA) is 67.2 Å². The number of carbonyl (C=O) groups excluding carboxylic acids is 1. The minimum Gasteiger partial charge on any atom is -0.383 e. The van der Waals surface area contributed by atoms with Gasteiger partial charge >= 0.3 is 0 Å². The number of benzene rings is 1. The van der Waals surface area contributed by atoms with Crippen molar-refractivity contribution < 1.29 is 4.79 Å². The van der Waals surface area contributed by atoms with Crippen molar-refractivity contribution in [1.82, 2.24) is 5.32 Å². The third-order valence-corrected chi connectivity index (χ3v) is 3.28. The highest BCUT2D eigenvalue weighted by molar-refractivity contribution is 6.34. The Kier molecular flexibility index (Phi) is 3.86. The molecule has 1 fully saturated rings. The SMILES string of the molecule is NC(=O)c1c(Cl)cccc1NCC1CCCN1. The average molecular weight is 254 g/mol. The van der Waals surface area contributed by atoms with E-state index in [0.29, 0.717) is 22.3 Å². The van der Waals surface area contributed by atoms with Crippen molar-refractivity contribution >= 4 is 23.2 Å². The van der Waals surface area contributed by atoms with Crippen LogP contribution in [-0.4, -0.2) is 25.0 Å². The maximum absolute atomic E-state index is 11.3. The fourth-order valence-corrected chi connectivity index (χ4v) is 2.35. The lowest BCUT2D eigenvalue weighted by molar-refractivity contribution is 0.100.